The average Bonchev–Trinajstić information content (AvgIpc) is 2.46. The summed E-state index contributed by atoms with van der Waals surface area (Å²) in [5, 5.41) is 6.29. The van der Waals surface area contributed by atoms with Gasteiger partial charge in [-0.1, -0.05) is 13.0 Å². The summed E-state index contributed by atoms with van der Waals surface area (Å²) in [5.74, 6) is 1.88. The van der Waals surface area contributed by atoms with E-state index < -0.39 is 0 Å². The molecule has 0 unspecified atom stereocenters. The quantitative estimate of drug-likeness (QED) is 0.874. The second-order valence-corrected chi connectivity index (χ2v) is 4.95. The Kier molecular flexibility index (Phi) is 4.73. The Morgan fingerprint density at radius 3 is 2.43 bits per heavy atom. The fourth-order valence-electron chi connectivity index (χ4n) is 2.03. The first-order valence-corrected chi connectivity index (χ1v) is 7.19. The zero-order chi connectivity index (χ0) is 15.4. The van der Waals surface area contributed by atoms with Crippen LogP contribution in [0.5, 0.6) is 0 Å². The third-order valence-corrected chi connectivity index (χ3v) is 3.23. The molecule has 0 radical (unpaired) electrons. The molecule has 0 aliphatic heterocycles. The number of aromatic nitrogens is 2. The van der Waals surface area contributed by atoms with E-state index >= 15 is 0 Å². The number of nitrogens with one attached hydrogen (secondary N) is 2. The first-order valence-electron chi connectivity index (χ1n) is 7.19. The molecule has 0 saturated carbocycles. The second kappa shape index (κ2) is 6.52. The van der Waals surface area contributed by atoms with Crippen LogP contribution in [0.3, 0.4) is 0 Å². The van der Waals surface area contributed by atoms with Gasteiger partial charge in [-0.3, -0.25) is 0 Å². The molecule has 1 aromatic heterocycles. The van der Waals surface area contributed by atoms with E-state index in [4.69, 9.17) is 0 Å². The van der Waals surface area contributed by atoms with Gasteiger partial charge in [0.05, 0.1) is 5.69 Å². The van der Waals surface area contributed by atoms with Crippen LogP contribution in [0.2, 0.25) is 0 Å². The number of benzene rings is 1. The summed E-state index contributed by atoms with van der Waals surface area (Å²) in [5.41, 5.74) is 2.20. The van der Waals surface area contributed by atoms with Crippen LogP contribution in [0.1, 0.15) is 30.8 Å². The van der Waals surface area contributed by atoms with E-state index in [0.29, 0.717) is 11.5 Å². The number of hydrogen-bond donors (Lipinski definition) is 2. The Bertz CT molecular complexity index is 640. The molecule has 0 saturated heterocycles. The van der Waals surface area contributed by atoms with Gasteiger partial charge in [0.15, 0.2) is 0 Å². The molecular formula is C16H21FN4. The molecule has 5 heteroatoms. The maximum absolute atomic E-state index is 14.0. The van der Waals surface area contributed by atoms with Gasteiger partial charge in [-0.15, -0.1) is 0 Å². The maximum Gasteiger partial charge on any atom is 0.146 e. The Balaban J connectivity index is 2.40. The van der Waals surface area contributed by atoms with Crippen molar-refractivity contribution in [3.05, 3.63) is 41.0 Å². The van der Waals surface area contributed by atoms with E-state index in [0.717, 1.165) is 35.7 Å². The van der Waals surface area contributed by atoms with Gasteiger partial charge in [0.25, 0.3) is 0 Å². The molecule has 4 nitrogen and oxygen atoms in total. The molecule has 0 spiro atoms. The van der Waals surface area contributed by atoms with Gasteiger partial charge in [-0.2, -0.15) is 0 Å². The number of halogens is 1. The van der Waals surface area contributed by atoms with Crippen LogP contribution in [0.25, 0.3) is 0 Å². The molecule has 0 atom stereocenters. The highest BCUT2D eigenvalue weighted by atomic mass is 19.1. The highest BCUT2D eigenvalue weighted by Gasteiger charge is 2.11. The third kappa shape index (κ3) is 3.48. The number of aryl methyl sites for hydroxylation is 2. The monoisotopic (exact) mass is 288 g/mol. The molecule has 0 bridgehead atoms. The molecular weight excluding hydrogens is 267 g/mol. The summed E-state index contributed by atoms with van der Waals surface area (Å²) < 4.78 is 14.0. The molecule has 1 aromatic carbocycles. The smallest absolute Gasteiger partial charge is 0.146 e. The van der Waals surface area contributed by atoms with Crippen LogP contribution in [-0.4, -0.2) is 16.5 Å². The standard InChI is InChI=1S/C16H21FN4/c1-5-14-20-15(18-6-2)11(4)16(21-14)19-13-8-7-10(3)9-12(13)17/h7-9H,5-6H2,1-4H3,(H2,18,19,20,21). The van der Waals surface area contributed by atoms with Gasteiger partial charge in [0.2, 0.25) is 0 Å². The summed E-state index contributed by atoms with van der Waals surface area (Å²) in [4.78, 5) is 8.93. The van der Waals surface area contributed by atoms with Crippen LogP contribution in [-0.2, 0) is 6.42 Å². The van der Waals surface area contributed by atoms with Gasteiger partial charge in [-0.05, 0) is 38.5 Å². The molecule has 0 fully saturated rings. The van der Waals surface area contributed by atoms with E-state index in [1.165, 1.54) is 6.07 Å². The van der Waals surface area contributed by atoms with Crippen molar-refractivity contribution in [2.75, 3.05) is 17.2 Å². The molecule has 2 rings (SSSR count). The summed E-state index contributed by atoms with van der Waals surface area (Å²) >= 11 is 0. The van der Waals surface area contributed by atoms with E-state index in [2.05, 4.69) is 20.6 Å². The van der Waals surface area contributed by atoms with Crippen molar-refractivity contribution in [1.29, 1.82) is 0 Å². The Hall–Kier alpha value is -2.17. The Morgan fingerprint density at radius 1 is 1.10 bits per heavy atom. The first-order chi connectivity index (χ1) is 10.0. The third-order valence-electron chi connectivity index (χ3n) is 3.23. The second-order valence-electron chi connectivity index (χ2n) is 4.95. The minimum absolute atomic E-state index is 0.281. The Morgan fingerprint density at radius 2 is 1.81 bits per heavy atom. The molecule has 0 amide bonds. The summed E-state index contributed by atoms with van der Waals surface area (Å²) in [6.45, 7) is 8.57. The van der Waals surface area contributed by atoms with Crippen LogP contribution in [0.15, 0.2) is 18.2 Å². The lowest BCUT2D eigenvalue weighted by Crippen LogP contribution is -2.09. The minimum atomic E-state index is -0.281. The predicted molar refractivity (Wildman–Crippen MR) is 84.7 cm³/mol. The van der Waals surface area contributed by atoms with E-state index in [1.54, 1.807) is 6.07 Å². The van der Waals surface area contributed by atoms with E-state index in [-0.39, 0.29) is 5.82 Å². The van der Waals surface area contributed by atoms with Gasteiger partial charge in [0.1, 0.15) is 23.3 Å². The van der Waals surface area contributed by atoms with E-state index in [1.807, 2.05) is 33.8 Å². The lowest BCUT2D eigenvalue weighted by molar-refractivity contribution is 0.630. The minimum Gasteiger partial charge on any atom is -0.370 e. The summed E-state index contributed by atoms with van der Waals surface area (Å²) in [6, 6.07) is 5.10. The number of anilines is 3. The number of nitrogens with zero attached hydrogens (tertiary/aromatic N) is 2. The van der Waals surface area contributed by atoms with Crippen molar-refractivity contribution in [3.63, 3.8) is 0 Å². The van der Waals surface area contributed by atoms with Crippen molar-refractivity contribution in [2.45, 2.75) is 34.1 Å². The first kappa shape index (κ1) is 15.2. The highest BCUT2D eigenvalue weighted by molar-refractivity contribution is 5.65. The van der Waals surface area contributed by atoms with Crippen molar-refractivity contribution in [1.82, 2.24) is 9.97 Å². The number of hydrogen-bond acceptors (Lipinski definition) is 4. The largest absolute Gasteiger partial charge is 0.370 e. The van der Waals surface area contributed by atoms with Crippen LogP contribution < -0.4 is 10.6 Å². The molecule has 1 heterocycles. The molecule has 2 aromatic rings. The maximum atomic E-state index is 14.0. The van der Waals surface area contributed by atoms with Crippen molar-refractivity contribution in [3.8, 4) is 0 Å². The van der Waals surface area contributed by atoms with Crippen molar-refractivity contribution in [2.24, 2.45) is 0 Å². The number of rotatable bonds is 5. The molecule has 0 aliphatic rings. The van der Waals surface area contributed by atoms with Gasteiger partial charge in [0, 0.05) is 18.5 Å². The zero-order valence-electron chi connectivity index (χ0n) is 12.9. The SMILES string of the molecule is CCNc1nc(CC)nc(Nc2ccc(C)cc2F)c1C. The molecule has 0 aliphatic carbocycles. The summed E-state index contributed by atoms with van der Waals surface area (Å²) in [6.07, 6.45) is 0.726. The fraction of sp³-hybridized carbons (Fsp3) is 0.375. The lowest BCUT2D eigenvalue weighted by Gasteiger charge is -2.14. The summed E-state index contributed by atoms with van der Waals surface area (Å²) in [7, 11) is 0. The van der Waals surface area contributed by atoms with Crippen LogP contribution in [0, 0.1) is 19.7 Å². The lowest BCUT2D eigenvalue weighted by atomic mass is 10.2. The molecule has 112 valence electrons. The van der Waals surface area contributed by atoms with Crippen molar-refractivity contribution >= 4 is 17.3 Å². The fourth-order valence-corrected chi connectivity index (χ4v) is 2.03. The zero-order valence-corrected chi connectivity index (χ0v) is 12.9. The topological polar surface area (TPSA) is 49.8 Å². The predicted octanol–water partition coefficient (Wildman–Crippen LogP) is 3.97. The highest BCUT2D eigenvalue weighted by Crippen LogP contribution is 2.25. The Labute approximate surface area is 124 Å². The average molecular weight is 288 g/mol. The van der Waals surface area contributed by atoms with E-state index in [9.17, 15) is 4.39 Å². The van der Waals surface area contributed by atoms with Crippen LogP contribution in [0.4, 0.5) is 21.7 Å². The normalized spacial score (nSPS) is 10.5. The molecule has 2 N–H and O–H groups in total. The van der Waals surface area contributed by atoms with Gasteiger partial charge in [-0.25, -0.2) is 14.4 Å². The molecule has 21 heavy (non-hydrogen) atoms. The van der Waals surface area contributed by atoms with Crippen LogP contribution >= 0.6 is 0 Å². The van der Waals surface area contributed by atoms with Crippen molar-refractivity contribution < 1.29 is 4.39 Å². The van der Waals surface area contributed by atoms with Gasteiger partial charge >= 0.3 is 0 Å². The van der Waals surface area contributed by atoms with Gasteiger partial charge < -0.3 is 10.6 Å².